The van der Waals surface area contributed by atoms with Gasteiger partial charge in [-0.05, 0) is 19.3 Å². The fourth-order valence-corrected chi connectivity index (χ4v) is 2.30. The number of aliphatic carboxylic acids is 1. The van der Waals surface area contributed by atoms with Crippen molar-refractivity contribution in [2.24, 2.45) is 0 Å². The minimum atomic E-state index is -0.893. The molecule has 1 amide bonds. The van der Waals surface area contributed by atoms with E-state index in [2.05, 4.69) is 4.98 Å². The van der Waals surface area contributed by atoms with E-state index in [1.807, 2.05) is 10.8 Å². The van der Waals surface area contributed by atoms with E-state index in [4.69, 9.17) is 5.11 Å². The normalized spacial score (nSPS) is 19.1. The summed E-state index contributed by atoms with van der Waals surface area (Å²) in [6, 6.07) is -0.620. The molecule has 1 aromatic heterocycles. The van der Waals surface area contributed by atoms with Gasteiger partial charge in [-0.15, -0.1) is 0 Å². The molecule has 1 atom stereocenters. The van der Waals surface area contributed by atoms with Gasteiger partial charge in [-0.3, -0.25) is 4.79 Å². The number of aromatic nitrogens is 2. The number of carboxylic acid groups (broad SMARTS) is 1. The standard InChI is InChI=1S/C12H17N3O3/c16-11(4-2-6-14-8-5-13-9-14)15-7-1-3-10(15)12(17)18/h5,8-10H,1-4,6-7H2,(H,17,18). The Bertz CT molecular complexity index is 416. The molecular formula is C12H17N3O3. The number of hydrogen-bond acceptors (Lipinski definition) is 3. The van der Waals surface area contributed by atoms with E-state index in [1.54, 1.807) is 12.5 Å². The van der Waals surface area contributed by atoms with Gasteiger partial charge in [-0.25, -0.2) is 9.78 Å². The van der Waals surface area contributed by atoms with Gasteiger partial charge in [-0.2, -0.15) is 0 Å². The van der Waals surface area contributed by atoms with Crippen molar-refractivity contribution in [1.29, 1.82) is 0 Å². The summed E-state index contributed by atoms with van der Waals surface area (Å²) >= 11 is 0. The van der Waals surface area contributed by atoms with Gasteiger partial charge in [0.15, 0.2) is 0 Å². The largest absolute Gasteiger partial charge is 0.480 e. The SMILES string of the molecule is O=C(O)C1CCCN1C(=O)CCCn1ccnc1. The van der Waals surface area contributed by atoms with Gasteiger partial charge < -0.3 is 14.6 Å². The van der Waals surface area contributed by atoms with Crippen LogP contribution in [0.5, 0.6) is 0 Å². The Balaban J connectivity index is 1.79. The maximum absolute atomic E-state index is 11.9. The molecule has 1 saturated heterocycles. The summed E-state index contributed by atoms with van der Waals surface area (Å²) in [7, 11) is 0. The third-order valence-electron chi connectivity index (χ3n) is 3.22. The van der Waals surface area contributed by atoms with Crippen LogP contribution in [0.1, 0.15) is 25.7 Å². The molecule has 0 spiro atoms. The van der Waals surface area contributed by atoms with Crippen molar-refractivity contribution in [3.8, 4) is 0 Å². The van der Waals surface area contributed by atoms with Crippen LogP contribution in [0.15, 0.2) is 18.7 Å². The van der Waals surface area contributed by atoms with Gasteiger partial charge >= 0.3 is 5.97 Å². The van der Waals surface area contributed by atoms with Crippen LogP contribution in [-0.2, 0) is 16.1 Å². The van der Waals surface area contributed by atoms with Gasteiger partial charge in [0.25, 0.3) is 0 Å². The van der Waals surface area contributed by atoms with E-state index in [1.165, 1.54) is 4.90 Å². The minimum Gasteiger partial charge on any atom is -0.480 e. The van der Waals surface area contributed by atoms with E-state index in [9.17, 15) is 9.59 Å². The number of amides is 1. The number of carbonyl (C=O) groups is 2. The number of imidazole rings is 1. The highest BCUT2D eigenvalue weighted by molar-refractivity contribution is 5.84. The lowest BCUT2D eigenvalue weighted by Crippen LogP contribution is -2.40. The van der Waals surface area contributed by atoms with Crippen molar-refractivity contribution >= 4 is 11.9 Å². The summed E-state index contributed by atoms with van der Waals surface area (Å²) in [5.74, 6) is -0.949. The molecular weight excluding hydrogens is 234 g/mol. The summed E-state index contributed by atoms with van der Waals surface area (Å²) in [5, 5.41) is 9.00. The second-order valence-electron chi connectivity index (χ2n) is 4.49. The van der Waals surface area contributed by atoms with E-state index < -0.39 is 12.0 Å². The predicted molar refractivity (Wildman–Crippen MR) is 63.8 cm³/mol. The number of likely N-dealkylation sites (tertiary alicyclic amines) is 1. The molecule has 0 saturated carbocycles. The summed E-state index contributed by atoms with van der Waals surface area (Å²) in [4.78, 5) is 28.3. The molecule has 0 radical (unpaired) electrons. The van der Waals surface area contributed by atoms with Crippen LogP contribution in [0, 0.1) is 0 Å². The van der Waals surface area contributed by atoms with Crippen molar-refractivity contribution in [3.63, 3.8) is 0 Å². The van der Waals surface area contributed by atoms with Crippen LogP contribution >= 0.6 is 0 Å². The zero-order chi connectivity index (χ0) is 13.0. The van der Waals surface area contributed by atoms with E-state index in [0.717, 1.165) is 13.0 Å². The first-order chi connectivity index (χ1) is 8.68. The van der Waals surface area contributed by atoms with E-state index in [0.29, 0.717) is 25.8 Å². The Morgan fingerprint density at radius 2 is 2.28 bits per heavy atom. The van der Waals surface area contributed by atoms with Gasteiger partial charge in [-0.1, -0.05) is 0 Å². The Kier molecular flexibility index (Phi) is 3.96. The Labute approximate surface area is 105 Å². The van der Waals surface area contributed by atoms with Crippen LogP contribution in [0.25, 0.3) is 0 Å². The predicted octanol–water partition coefficient (Wildman–Crippen LogP) is 0.739. The molecule has 0 aliphatic carbocycles. The van der Waals surface area contributed by atoms with Crippen LogP contribution in [0.3, 0.4) is 0 Å². The Hall–Kier alpha value is -1.85. The maximum atomic E-state index is 11.9. The number of carboxylic acids is 1. The lowest BCUT2D eigenvalue weighted by atomic mass is 10.2. The molecule has 6 heteroatoms. The molecule has 0 bridgehead atoms. The maximum Gasteiger partial charge on any atom is 0.326 e. The zero-order valence-electron chi connectivity index (χ0n) is 10.2. The average molecular weight is 251 g/mol. The number of hydrogen-bond donors (Lipinski definition) is 1. The first-order valence-corrected chi connectivity index (χ1v) is 6.16. The first kappa shape index (κ1) is 12.6. The molecule has 18 heavy (non-hydrogen) atoms. The highest BCUT2D eigenvalue weighted by Crippen LogP contribution is 2.18. The molecule has 1 aromatic rings. The third-order valence-corrected chi connectivity index (χ3v) is 3.22. The van der Waals surface area contributed by atoms with Gasteiger partial charge in [0.2, 0.25) is 5.91 Å². The average Bonchev–Trinajstić information content (AvgIpc) is 2.99. The number of carbonyl (C=O) groups excluding carboxylic acids is 1. The third kappa shape index (κ3) is 2.88. The van der Waals surface area contributed by atoms with E-state index >= 15 is 0 Å². The lowest BCUT2D eigenvalue weighted by molar-refractivity contribution is -0.148. The van der Waals surface area contributed by atoms with Gasteiger partial charge in [0, 0.05) is 31.9 Å². The molecule has 1 aliphatic rings. The Morgan fingerprint density at radius 3 is 2.94 bits per heavy atom. The summed E-state index contributed by atoms with van der Waals surface area (Å²) < 4.78 is 1.91. The van der Waals surface area contributed by atoms with Crippen LogP contribution in [0.4, 0.5) is 0 Å². The van der Waals surface area contributed by atoms with Gasteiger partial charge in [0.1, 0.15) is 6.04 Å². The fourth-order valence-electron chi connectivity index (χ4n) is 2.30. The molecule has 98 valence electrons. The van der Waals surface area contributed by atoms with Crippen molar-refractivity contribution in [3.05, 3.63) is 18.7 Å². The summed E-state index contributed by atoms with van der Waals surface area (Å²) in [6.07, 6.45) is 7.70. The topological polar surface area (TPSA) is 75.4 Å². The molecule has 1 unspecified atom stereocenters. The number of aryl methyl sites for hydroxylation is 1. The van der Waals surface area contributed by atoms with Crippen LogP contribution in [-0.4, -0.2) is 44.0 Å². The quantitative estimate of drug-likeness (QED) is 0.837. The summed E-state index contributed by atoms with van der Waals surface area (Å²) in [6.45, 7) is 1.30. The smallest absolute Gasteiger partial charge is 0.326 e. The zero-order valence-corrected chi connectivity index (χ0v) is 10.2. The molecule has 2 heterocycles. The Morgan fingerprint density at radius 1 is 1.44 bits per heavy atom. The highest BCUT2D eigenvalue weighted by Gasteiger charge is 2.33. The highest BCUT2D eigenvalue weighted by atomic mass is 16.4. The number of rotatable bonds is 5. The van der Waals surface area contributed by atoms with Crippen molar-refractivity contribution < 1.29 is 14.7 Å². The van der Waals surface area contributed by atoms with E-state index in [-0.39, 0.29) is 5.91 Å². The molecule has 0 aromatic carbocycles. The minimum absolute atomic E-state index is 0.0555. The first-order valence-electron chi connectivity index (χ1n) is 6.16. The second-order valence-corrected chi connectivity index (χ2v) is 4.49. The molecule has 2 rings (SSSR count). The van der Waals surface area contributed by atoms with Gasteiger partial charge in [0.05, 0.1) is 6.33 Å². The van der Waals surface area contributed by atoms with Crippen LogP contribution < -0.4 is 0 Å². The monoisotopic (exact) mass is 251 g/mol. The molecule has 1 aliphatic heterocycles. The van der Waals surface area contributed by atoms with Crippen molar-refractivity contribution in [2.45, 2.75) is 38.3 Å². The summed E-state index contributed by atoms with van der Waals surface area (Å²) in [5.41, 5.74) is 0. The number of nitrogens with zero attached hydrogens (tertiary/aromatic N) is 3. The molecule has 6 nitrogen and oxygen atoms in total. The fraction of sp³-hybridized carbons (Fsp3) is 0.583. The van der Waals surface area contributed by atoms with Crippen molar-refractivity contribution in [2.75, 3.05) is 6.54 Å². The van der Waals surface area contributed by atoms with Crippen molar-refractivity contribution in [1.82, 2.24) is 14.5 Å². The molecule has 1 fully saturated rings. The molecule has 1 N–H and O–H groups in total. The second kappa shape index (κ2) is 5.66. The lowest BCUT2D eigenvalue weighted by Gasteiger charge is -2.21. The van der Waals surface area contributed by atoms with Crippen LogP contribution in [0.2, 0.25) is 0 Å².